The molecule has 0 atom stereocenters. The van der Waals surface area contributed by atoms with Crippen LogP contribution in [0.5, 0.6) is 11.6 Å². The fraction of sp³-hybridized carbons (Fsp3) is 0.316. The summed E-state index contributed by atoms with van der Waals surface area (Å²) in [5, 5.41) is 11.2. The highest BCUT2D eigenvalue weighted by Crippen LogP contribution is 2.27. The van der Waals surface area contributed by atoms with E-state index in [0.29, 0.717) is 11.1 Å². The number of aromatic nitrogens is 1. The van der Waals surface area contributed by atoms with Gasteiger partial charge in [-0.05, 0) is 51.0 Å². The highest BCUT2D eigenvalue weighted by Gasteiger charge is 2.17. The maximum atomic E-state index is 14.2. The molecule has 1 amide bonds. The van der Waals surface area contributed by atoms with Gasteiger partial charge in [0.25, 0.3) is 0 Å². The van der Waals surface area contributed by atoms with Crippen molar-refractivity contribution in [2.24, 2.45) is 0 Å². The summed E-state index contributed by atoms with van der Waals surface area (Å²) in [6, 6.07) is 6.90. The van der Waals surface area contributed by atoms with Crippen LogP contribution >= 0.6 is 0 Å². The monoisotopic (exact) mass is 375 g/mol. The Morgan fingerprint density at radius 1 is 1.26 bits per heavy atom. The number of ether oxygens (including phenoxy) is 2. The largest absolute Gasteiger partial charge is 0.444 e. The summed E-state index contributed by atoms with van der Waals surface area (Å²) >= 11 is 0. The Kier molecular flexibility index (Phi) is 6.29. The van der Waals surface area contributed by atoms with E-state index >= 15 is 0 Å². The lowest BCUT2D eigenvalue weighted by Gasteiger charge is -2.19. The number of halogens is 2. The summed E-state index contributed by atoms with van der Waals surface area (Å²) in [5.74, 6) is -2.41. The molecule has 0 fully saturated rings. The fourth-order valence-electron chi connectivity index (χ4n) is 2.09. The standard InChI is InChI=1S/C19H19F2N3O3/c1-19(2,3)27-18(25)23-7-6-12-8-14(20)17(15(21)9-12)26-16-5-4-13(10-22)11-24-16/h4-5,8-9,11H,6-7H2,1-3H3,(H,23,25). The first-order valence-corrected chi connectivity index (χ1v) is 8.17. The molecule has 8 heteroatoms. The molecule has 1 aromatic carbocycles. The van der Waals surface area contributed by atoms with Crippen molar-refractivity contribution in [2.75, 3.05) is 6.54 Å². The fourth-order valence-corrected chi connectivity index (χ4v) is 2.09. The lowest BCUT2D eigenvalue weighted by Crippen LogP contribution is -2.33. The predicted octanol–water partition coefficient (Wildman–Crippen LogP) is 4.09. The first-order chi connectivity index (χ1) is 12.7. The Morgan fingerprint density at radius 3 is 2.44 bits per heavy atom. The molecule has 0 radical (unpaired) electrons. The second-order valence-corrected chi connectivity index (χ2v) is 6.67. The second-order valence-electron chi connectivity index (χ2n) is 6.67. The van der Waals surface area contributed by atoms with Gasteiger partial charge in [-0.1, -0.05) is 0 Å². The number of carbonyl (C=O) groups excluding carboxylic acids is 1. The van der Waals surface area contributed by atoms with Crippen LogP contribution in [0.4, 0.5) is 13.6 Å². The SMILES string of the molecule is CC(C)(C)OC(=O)NCCc1cc(F)c(Oc2ccc(C#N)cn2)c(F)c1. The summed E-state index contributed by atoms with van der Waals surface area (Å²) in [7, 11) is 0. The number of carbonyl (C=O) groups is 1. The van der Waals surface area contributed by atoms with Crippen molar-refractivity contribution >= 4 is 6.09 Å². The van der Waals surface area contributed by atoms with Crippen molar-refractivity contribution < 1.29 is 23.0 Å². The Bertz CT molecular complexity index is 833. The summed E-state index contributed by atoms with van der Waals surface area (Å²) < 4.78 is 38.6. The van der Waals surface area contributed by atoms with Crippen molar-refractivity contribution in [1.29, 1.82) is 5.26 Å². The van der Waals surface area contributed by atoms with Crippen molar-refractivity contribution in [3.05, 3.63) is 53.2 Å². The minimum atomic E-state index is -0.895. The van der Waals surface area contributed by atoms with E-state index in [4.69, 9.17) is 14.7 Å². The van der Waals surface area contributed by atoms with Crippen LogP contribution in [0.2, 0.25) is 0 Å². The molecule has 142 valence electrons. The Morgan fingerprint density at radius 2 is 1.93 bits per heavy atom. The smallest absolute Gasteiger partial charge is 0.407 e. The van der Waals surface area contributed by atoms with Gasteiger partial charge in [-0.15, -0.1) is 0 Å². The second kappa shape index (κ2) is 8.45. The van der Waals surface area contributed by atoms with Gasteiger partial charge in [0, 0.05) is 18.8 Å². The number of hydrogen-bond donors (Lipinski definition) is 1. The van der Waals surface area contributed by atoms with Crippen LogP contribution in [-0.4, -0.2) is 23.2 Å². The molecule has 2 rings (SSSR count). The summed E-state index contributed by atoms with van der Waals surface area (Å²) in [5.41, 5.74) is 0.0261. The normalized spacial score (nSPS) is 10.8. The number of hydrogen-bond acceptors (Lipinski definition) is 5. The van der Waals surface area contributed by atoms with Gasteiger partial charge in [0.1, 0.15) is 11.7 Å². The Labute approximate surface area is 155 Å². The van der Waals surface area contributed by atoms with Gasteiger partial charge >= 0.3 is 6.09 Å². The molecule has 1 heterocycles. The first kappa shape index (κ1) is 20.1. The molecule has 1 aromatic heterocycles. The number of alkyl carbamates (subject to hydrolysis) is 1. The lowest BCUT2D eigenvalue weighted by molar-refractivity contribution is 0.0528. The highest BCUT2D eigenvalue weighted by atomic mass is 19.1. The molecule has 0 saturated heterocycles. The van der Waals surface area contributed by atoms with E-state index in [1.165, 1.54) is 18.3 Å². The summed E-state index contributed by atoms with van der Waals surface area (Å²) in [4.78, 5) is 15.4. The van der Waals surface area contributed by atoms with Crippen LogP contribution in [0.3, 0.4) is 0 Å². The van der Waals surface area contributed by atoms with E-state index in [9.17, 15) is 13.6 Å². The van der Waals surface area contributed by atoms with E-state index in [1.54, 1.807) is 20.8 Å². The molecule has 0 aliphatic carbocycles. The summed E-state index contributed by atoms with van der Waals surface area (Å²) in [6.45, 7) is 5.36. The third-order valence-corrected chi connectivity index (χ3v) is 3.21. The molecule has 0 unspecified atom stereocenters. The number of amides is 1. The Balaban J connectivity index is 1.99. The maximum Gasteiger partial charge on any atom is 0.407 e. The van der Waals surface area contributed by atoms with Crippen LogP contribution in [0.15, 0.2) is 30.5 Å². The van der Waals surface area contributed by atoms with Crippen molar-refractivity contribution in [2.45, 2.75) is 32.8 Å². The van der Waals surface area contributed by atoms with E-state index in [2.05, 4.69) is 10.3 Å². The number of benzene rings is 1. The van der Waals surface area contributed by atoms with Crippen LogP contribution < -0.4 is 10.1 Å². The minimum Gasteiger partial charge on any atom is -0.444 e. The average Bonchev–Trinajstić information content (AvgIpc) is 2.57. The van der Waals surface area contributed by atoms with Crippen LogP contribution in [0.1, 0.15) is 31.9 Å². The zero-order valence-corrected chi connectivity index (χ0v) is 15.2. The average molecular weight is 375 g/mol. The van der Waals surface area contributed by atoms with Crippen molar-refractivity contribution in [3.63, 3.8) is 0 Å². The van der Waals surface area contributed by atoms with Gasteiger partial charge in [-0.25, -0.2) is 18.6 Å². The molecule has 6 nitrogen and oxygen atoms in total. The lowest BCUT2D eigenvalue weighted by atomic mass is 10.1. The highest BCUT2D eigenvalue weighted by molar-refractivity contribution is 5.67. The zero-order chi connectivity index (χ0) is 20.0. The number of nitrogens with zero attached hydrogens (tertiary/aromatic N) is 2. The Hall–Kier alpha value is -3.21. The van der Waals surface area contributed by atoms with E-state index in [-0.39, 0.29) is 18.8 Å². The first-order valence-electron chi connectivity index (χ1n) is 8.17. The molecule has 1 N–H and O–H groups in total. The third kappa shape index (κ3) is 6.22. The molecule has 0 bridgehead atoms. The topological polar surface area (TPSA) is 84.2 Å². The van der Waals surface area contributed by atoms with E-state index in [0.717, 1.165) is 12.1 Å². The molecule has 27 heavy (non-hydrogen) atoms. The molecule has 0 saturated carbocycles. The van der Waals surface area contributed by atoms with Crippen LogP contribution in [-0.2, 0) is 11.2 Å². The van der Waals surface area contributed by atoms with Gasteiger partial charge < -0.3 is 14.8 Å². The van der Waals surface area contributed by atoms with Crippen LogP contribution in [0.25, 0.3) is 0 Å². The maximum absolute atomic E-state index is 14.2. The molecular formula is C19H19F2N3O3. The zero-order valence-electron chi connectivity index (χ0n) is 15.2. The number of rotatable bonds is 5. The van der Waals surface area contributed by atoms with Crippen LogP contribution in [0, 0.1) is 23.0 Å². The number of nitriles is 1. The molecule has 0 spiro atoms. The molecule has 0 aliphatic heterocycles. The van der Waals surface area contributed by atoms with Gasteiger partial charge in [0.2, 0.25) is 11.6 Å². The number of pyridine rings is 1. The van der Waals surface area contributed by atoms with Crippen molar-refractivity contribution in [3.8, 4) is 17.7 Å². The molecule has 2 aromatic rings. The quantitative estimate of drug-likeness (QED) is 0.851. The molecule has 0 aliphatic rings. The van der Waals surface area contributed by atoms with E-state index < -0.39 is 29.1 Å². The van der Waals surface area contributed by atoms with Crippen molar-refractivity contribution in [1.82, 2.24) is 10.3 Å². The van der Waals surface area contributed by atoms with Gasteiger partial charge in [0.15, 0.2) is 11.6 Å². The van der Waals surface area contributed by atoms with Gasteiger partial charge in [-0.3, -0.25) is 0 Å². The minimum absolute atomic E-state index is 0.0360. The molecular weight excluding hydrogens is 356 g/mol. The summed E-state index contributed by atoms with van der Waals surface area (Å²) in [6.07, 6.45) is 0.847. The third-order valence-electron chi connectivity index (χ3n) is 3.21. The van der Waals surface area contributed by atoms with E-state index in [1.807, 2.05) is 6.07 Å². The number of nitrogens with one attached hydrogen (secondary N) is 1. The predicted molar refractivity (Wildman–Crippen MR) is 93.3 cm³/mol. The van der Waals surface area contributed by atoms with Gasteiger partial charge in [-0.2, -0.15) is 5.26 Å². The van der Waals surface area contributed by atoms with Gasteiger partial charge in [0.05, 0.1) is 5.56 Å².